The fraction of sp³-hybridized carbons (Fsp3) is 0.417. The van der Waals surface area contributed by atoms with Crippen LogP contribution in [0.1, 0.15) is 22.3 Å². The number of phenolic OH excluding ortho intramolecular Hbond substituents is 1. The number of carbonyl (C=O) groups is 1. The lowest BCUT2D eigenvalue weighted by atomic mass is 10.1. The molecule has 4 heteroatoms. The minimum absolute atomic E-state index is 0. The van der Waals surface area contributed by atoms with Crippen molar-refractivity contribution in [1.29, 1.82) is 0 Å². The quantitative estimate of drug-likeness (QED) is 0.825. The molecule has 90 valence electrons. The fourth-order valence-corrected chi connectivity index (χ4v) is 1.30. The van der Waals surface area contributed by atoms with Gasteiger partial charge in [-0.2, -0.15) is 0 Å². The summed E-state index contributed by atoms with van der Waals surface area (Å²) in [6.07, 6.45) is 0.511. The molecular formula is C12H18ClNO2. The van der Waals surface area contributed by atoms with Crippen molar-refractivity contribution in [1.82, 2.24) is 4.90 Å². The summed E-state index contributed by atoms with van der Waals surface area (Å²) in [6, 6.07) is 4.96. The predicted molar refractivity (Wildman–Crippen MR) is 67.6 cm³/mol. The second kappa shape index (κ2) is 6.51. The number of halogens is 1. The second-order valence-electron chi connectivity index (χ2n) is 3.98. The Morgan fingerprint density at radius 2 is 2.00 bits per heavy atom. The van der Waals surface area contributed by atoms with Gasteiger partial charge in [0.2, 0.25) is 0 Å². The molecule has 0 heterocycles. The Hall–Kier alpha value is -1.06. The Balaban J connectivity index is 0.00000225. The molecule has 0 unspecified atom stereocenters. The van der Waals surface area contributed by atoms with Crippen LogP contribution in [-0.4, -0.2) is 36.4 Å². The van der Waals surface area contributed by atoms with Gasteiger partial charge in [0.1, 0.15) is 5.75 Å². The van der Waals surface area contributed by atoms with Crippen LogP contribution >= 0.6 is 12.4 Å². The van der Waals surface area contributed by atoms with E-state index in [2.05, 4.69) is 0 Å². The number of aromatic hydroxyl groups is 1. The highest BCUT2D eigenvalue weighted by molar-refractivity contribution is 5.96. The van der Waals surface area contributed by atoms with Gasteiger partial charge >= 0.3 is 0 Å². The van der Waals surface area contributed by atoms with E-state index in [1.54, 1.807) is 25.1 Å². The summed E-state index contributed by atoms with van der Waals surface area (Å²) in [5, 5.41) is 9.32. The Bertz CT molecular complexity index is 364. The first-order valence-electron chi connectivity index (χ1n) is 4.98. The van der Waals surface area contributed by atoms with Gasteiger partial charge in [-0.05, 0) is 44.8 Å². The average Bonchev–Trinajstić information content (AvgIpc) is 2.18. The summed E-state index contributed by atoms with van der Waals surface area (Å²) in [6.45, 7) is 2.54. The molecule has 0 fully saturated rings. The Morgan fingerprint density at radius 3 is 2.50 bits per heavy atom. The van der Waals surface area contributed by atoms with Crippen molar-refractivity contribution in [3.05, 3.63) is 29.3 Å². The number of carbonyl (C=O) groups excluding carboxylic acids is 1. The van der Waals surface area contributed by atoms with E-state index >= 15 is 0 Å². The van der Waals surface area contributed by atoms with Crippen LogP contribution in [0.3, 0.4) is 0 Å². The van der Waals surface area contributed by atoms with E-state index in [4.69, 9.17) is 0 Å². The number of benzene rings is 1. The van der Waals surface area contributed by atoms with E-state index in [-0.39, 0.29) is 23.9 Å². The fourth-order valence-electron chi connectivity index (χ4n) is 1.30. The standard InChI is InChI=1S/C12H17NO2.ClH/c1-9-8-10(4-5-11(9)14)12(15)6-7-13(2)3;/h4-5,8,14H,6-7H2,1-3H3;1H. The van der Waals surface area contributed by atoms with Crippen molar-refractivity contribution in [2.75, 3.05) is 20.6 Å². The first-order chi connectivity index (χ1) is 7.00. The Morgan fingerprint density at radius 1 is 1.38 bits per heavy atom. The molecule has 0 bridgehead atoms. The number of hydrogen-bond donors (Lipinski definition) is 1. The molecule has 1 aromatic rings. The van der Waals surface area contributed by atoms with Crippen molar-refractivity contribution in [3.8, 4) is 5.75 Å². The van der Waals surface area contributed by atoms with Crippen molar-refractivity contribution in [2.45, 2.75) is 13.3 Å². The highest BCUT2D eigenvalue weighted by Crippen LogP contribution is 2.17. The lowest BCUT2D eigenvalue weighted by Gasteiger charge is -2.08. The van der Waals surface area contributed by atoms with Crippen LogP contribution in [0.5, 0.6) is 5.75 Å². The monoisotopic (exact) mass is 243 g/mol. The number of Topliss-reactive ketones (excluding diaryl/α,β-unsaturated/α-hetero) is 1. The zero-order valence-corrected chi connectivity index (χ0v) is 10.7. The van der Waals surface area contributed by atoms with Crippen molar-refractivity contribution in [2.24, 2.45) is 0 Å². The third kappa shape index (κ3) is 4.21. The number of aryl methyl sites for hydroxylation is 1. The predicted octanol–water partition coefficient (Wildman–Crippen LogP) is 2.26. The average molecular weight is 244 g/mol. The lowest BCUT2D eigenvalue weighted by Crippen LogP contribution is -2.16. The first kappa shape index (κ1) is 14.9. The van der Waals surface area contributed by atoms with Gasteiger partial charge in [0.15, 0.2) is 5.78 Å². The van der Waals surface area contributed by atoms with Crippen molar-refractivity contribution in [3.63, 3.8) is 0 Å². The molecular weight excluding hydrogens is 226 g/mol. The first-order valence-corrected chi connectivity index (χ1v) is 4.98. The molecule has 0 aliphatic heterocycles. The smallest absolute Gasteiger partial charge is 0.164 e. The number of nitrogens with zero attached hydrogens (tertiary/aromatic N) is 1. The summed E-state index contributed by atoms with van der Waals surface area (Å²) in [4.78, 5) is 13.7. The summed E-state index contributed by atoms with van der Waals surface area (Å²) in [5.74, 6) is 0.353. The molecule has 0 saturated heterocycles. The van der Waals surface area contributed by atoms with Crippen molar-refractivity contribution < 1.29 is 9.90 Å². The van der Waals surface area contributed by atoms with E-state index in [9.17, 15) is 9.90 Å². The molecule has 1 aromatic carbocycles. The van der Waals surface area contributed by atoms with Gasteiger partial charge in [-0.25, -0.2) is 0 Å². The minimum Gasteiger partial charge on any atom is -0.508 e. The zero-order chi connectivity index (χ0) is 11.4. The number of rotatable bonds is 4. The van der Waals surface area contributed by atoms with E-state index in [0.29, 0.717) is 12.0 Å². The number of ketones is 1. The molecule has 0 amide bonds. The maximum Gasteiger partial charge on any atom is 0.164 e. The van der Waals surface area contributed by atoms with Gasteiger partial charge in [-0.15, -0.1) is 12.4 Å². The molecule has 0 radical (unpaired) electrons. The topological polar surface area (TPSA) is 40.5 Å². The molecule has 16 heavy (non-hydrogen) atoms. The van der Waals surface area contributed by atoms with Crippen molar-refractivity contribution >= 4 is 18.2 Å². The normalized spacial score (nSPS) is 10.0. The lowest BCUT2D eigenvalue weighted by molar-refractivity contribution is 0.0972. The largest absolute Gasteiger partial charge is 0.508 e. The van der Waals surface area contributed by atoms with E-state index < -0.39 is 0 Å². The molecule has 3 nitrogen and oxygen atoms in total. The molecule has 0 saturated carbocycles. The molecule has 1 rings (SSSR count). The van der Waals surface area contributed by atoms with Crippen LogP contribution in [0.2, 0.25) is 0 Å². The van der Waals surface area contributed by atoms with Crippen LogP contribution in [0, 0.1) is 6.92 Å². The minimum atomic E-state index is 0. The number of hydrogen-bond acceptors (Lipinski definition) is 3. The maximum atomic E-state index is 11.7. The second-order valence-corrected chi connectivity index (χ2v) is 3.98. The summed E-state index contributed by atoms with van der Waals surface area (Å²) < 4.78 is 0. The third-order valence-electron chi connectivity index (χ3n) is 2.30. The van der Waals surface area contributed by atoms with E-state index in [1.165, 1.54) is 0 Å². The summed E-state index contributed by atoms with van der Waals surface area (Å²) in [5.41, 5.74) is 1.41. The van der Waals surface area contributed by atoms with Crippen LogP contribution in [0.25, 0.3) is 0 Å². The SMILES string of the molecule is Cc1cc(C(=O)CCN(C)C)ccc1O.Cl. The van der Waals surface area contributed by atoms with E-state index in [1.807, 2.05) is 19.0 Å². The Kier molecular flexibility index (Phi) is 6.08. The molecule has 0 spiro atoms. The van der Waals surface area contributed by atoms with Gasteiger partial charge in [-0.3, -0.25) is 4.79 Å². The highest BCUT2D eigenvalue weighted by Gasteiger charge is 2.07. The van der Waals surface area contributed by atoms with E-state index in [0.717, 1.165) is 12.1 Å². The molecule has 0 aliphatic carbocycles. The van der Waals surface area contributed by atoms with Gasteiger partial charge in [0, 0.05) is 18.5 Å². The van der Waals surface area contributed by atoms with Crippen LogP contribution in [0.4, 0.5) is 0 Å². The number of phenols is 1. The molecule has 0 atom stereocenters. The Labute approximate surface area is 102 Å². The molecule has 0 aliphatic rings. The molecule has 0 aromatic heterocycles. The third-order valence-corrected chi connectivity index (χ3v) is 2.30. The highest BCUT2D eigenvalue weighted by atomic mass is 35.5. The van der Waals surface area contributed by atoms with Crippen LogP contribution in [-0.2, 0) is 0 Å². The summed E-state index contributed by atoms with van der Waals surface area (Å²) >= 11 is 0. The van der Waals surface area contributed by atoms with Gasteiger partial charge < -0.3 is 10.0 Å². The maximum absolute atomic E-state index is 11.7. The van der Waals surface area contributed by atoms with Gasteiger partial charge in [0.25, 0.3) is 0 Å². The van der Waals surface area contributed by atoms with Crippen LogP contribution in [0.15, 0.2) is 18.2 Å². The van der Waals surface area contributed by atoms with Gasteiger partial charge in [0.05, 0.1) is 0 Å². The van der Waals surface area contributed by atoms with Crippen LogP contribution < -0.4 is 0 Å². The molecule has 1 N–H and O–H groups in total. The zero-order valence-electron chi connectivity index (χ0n) is 9.86. The summed E-state index contributed by atoms with van der Waals surface area (Å²) in [7, 11) is 3.88. The van der Waals surface area contributed by atoms with Gasteiger partial charge in [-0.1, -0.05) is 0 Å².